The van der Waals surface area contributed by atoms with Crippen LogP contribution in [0.25, 0.3) is 0 Å². The molecule has 33 valence electrons. The van der Waals surface area contributed by atoms with Gasteiger partial charge in [-0.1, -0.05) is 0 Å². The summed E-state index contributed by atoms with van der Waals surface area (Å²) in [7, 11) is -1.61. The van der Waals surface area contributed by atoms with Crippen molar-refractivity contribution in [3.05, 3.63) is 0 Å². The van der Waals surface area contributed by atoms with Gasteiger partial charge in [0.15, 0.2) is 8.32 Å². The summed E-state index contributed by atoms with van der Waals surface area (Å²) in [4.78, 5) is 8.66. The molecular formula is C3H10KOSi. The van der Waals surface area contributed by atoms with Crippen LogP contribution < -0.4 is 0 Å². The molecule has 3 heteroatoms. The third-order valence-electron chi connectivity index (χ3n) is 0. The summed E-state index contributed by atoms with van der Waals surface area (Å²) in [6.45, 7) is 5.65. The molecule has 0 aromatic carbocycles. The number of rotatable bonds is 0. The van der Waals surface area contributed by atoms with Crippen LogP contribution in [0.4, 0.5) is 0 Å². The Morgan fingerprint density at radius 1 is 1.17 bits per heavy atom. The molecule has 6 heavy (non-hydrogen) atoms. The van der Waals surface area contributed by atoms with Crippen LogP contribution in [0, 0.1) is 0 Å². The van der Waals surface area contributed by atoms with Gasteiger partial charge in [-0.05, 0) is 19.6 Å². The predicted octanol–water partition coefficient (Wildman–Crippen LogP) is 0.433. The van der Waals surface area contributed by atoms with E-state index in [2.05, 4.69) is 0 Å². The maximum absolute atomic E-state index is 8.66. The molecule has 0 aliphatic heterocycles. The Morgan fingerprint density at radius 3 is 1.17 bits per heavy atom. The summed E-state index contributed by atoms with van der Waals surface area (Å²) < 4.78 is 0. The first-order chi connectivity index (χ1) is 2.00. The largest absolute Gasteiger partial charge is 0.433 e. The monoisotopic (exact) mass is 129 g/mol. The third kappa shape index (κ3) is 41.0. The van der Waals surface area contributed by atoms with E-state index >= 15 is 0 Å². The first-order valence-corrected chi connectivity index (χ1v) is 5.17. The fraction of sp³-hybridized carbons (Fsp3) is 1.00. The van der Waals surface area contributed by atoms with Gasteiger partial charge in [0.05, 0.1) is 0 Å². The summed E-state index contributed by atoms with van der Waals surface area (Å²) in [5.41, 5.74) is 0. The van der Waals surface area contributed by atoms with E-state index in [-0.39, 0.29) is 51.4 Å². The van der Waals surface area contributed by atoms with Gasteiger partial charge in [0.2, 0.25) is 0 Å². The molecule has 0 unspecified atom stereocenters. The molecule has 0 bridgehead atoms. The Labute approximate surface area is 82.7 Å². The van der Waals surface area contributed by atoms with E-state index in [4.69, 9.17) is 4.80 Å². The maximum Gasteiger partial charge on any atom is 0.179 e. The van der Waals surface area contributed by atoms with Crippen LogP contribution in [-0.4, -0.2) is 64.5 Å². The van der Waals surface area contributed by atoms with Gasteiger partial charge >= 0.3 is 0 Å². The predicted molar refractivity (Wildman–Crippen MR) is 31.3 cm³/mol. The Balaban J connectivity index is 0. The van der Waals surface area contributed by atoms with Crippen LogP contribution in [0.5, 0.6) is 0 Å². The van der Waals surface area contributed by atoms with Gasteiger partial charge in [-0.25, -0.2) is 0 Å². The van der Waals surface area contributed by atoms with Crippen LogP contribution in [0.2, 0.25) is 19.6 Å². The van der Waals surface area contributed by atoms with E-state index in [0.29, 0.717) is 0 Å². The van der Waals surface area contributed by atoms with E-state index in [1.165, 1.54) is 0 Å². The summed E-state index contributed by atoms with van der Waals surface area (Å²) in [6.07, 6.45) is 0. The average Bonchev–Trinajstić information content (AvgIpc) is 0.722. The van der Waals surface area contributed by atoms with Gasteiger partial charge in [-0.3, -0.25) is 0 Å². The second kappa shape index (κ2) is 3.77. The molecule has 0 spiro atoms. The second-order valence-electron chi connectivity index (χ2n) is 2.17. The summed E-state index contributed by atoms with van der Waals surface area (Å²) in [5, 5.41) is 0. The standard InChI is InChI=1S/C3H10OSi.K/c1-5(2,3)4;/h4H,1-3H3;. The van der Waals surface area contributed by atoms with Crippen molar-refractivity contribution < 1.29 is 4.80 Å². The normalized spacial score (nSPS) is 10.0. The first kappa shape index (κ1) is 10.7. The molecule has 0 saturated carbocycles. The van der Waals surface area contributed by atoms with Gasteiger partial charge in [0.25, 0.3) is 0 Å². The Bertz CT molecular complexity index is 26.3. The second-order valence-corrected chi connectivity index (χ2v) is 6.51. The molecule has 0 rings (SSSR count). The van der Waals surface area contributed by atoms with Crippen LogP contribution in [0.3, 0.4) is 0 Å². The molecule has 0 aromatic rings. The average molecular weight is 129 g/mol. The van der Waals surface area contributed by atoms with Crippen LogP contribution in [-0.2, 0) is 0 Å². The Morgan fingerprint density at radius 2 is 1.17 bits per heavy atom. The van der Waals surface area contributed by atoms with Crippen molar-refractivity contribution in [3.63, 3.8) is 0 Å². The molecular weight excluding hydrogens is 119 g/mol. The van der Waals surface area contributed by atoms with E-state index in [0.717, 1.165) is 0 Å². The minimum absolute atomic E-state index is 0. The molecule has 0 fully saturated rings. The van der Waals surface area contributed by atoms with Gasteiger partial charge in [0, 0.05) is 51.4 Å². The van der Waals surface area contributed by atoms with E-state index < -0.39 is 8.32 Å². The minimum atomic E-state index is -1.61. The first-order valence-electron chi connectivity index (χ1n) is 1.72. The van der Waals surface area contributed by atoms with Crippen molar-refractivity contribution in [3.8, 4) is 0 Å². The van der Waals surface area contributed by atoms with Gasteiger partial charge in [-0.15, -0.1) is 0 Å². The summed E-state index contributed by atoms with van der Waals surface area (Å²) >= 11 is 0. The Kier molecular flexibility index (Phi) is 6.75. The van der Waals surface area contributed by atoms with Crippen molar-refractivity contribution in [1.29, 1.82) is 0 Å². The van der Waals surface area contributed by atoms with Gasteiger partial charge in [0.1, 0.15) is 0 Å². The van der Waals surface area contributed by atoms with Crippen molar-refractivity contribution in [2.24, 2.45) is 0 Å². The smallest absolute Gasteiger partial charge is 0.179 e. The molecule has 0 heterocycles. The van der Waals surface area contributed by atoms with E-state index in [9.17, 15) is 0 Å². The molecule has 0 amide bonds. The number of hydrogen-bond donors (Lipinski definition) is 1. The Hall–Kier alpha value is 1.81. The molecule has 0 saturated heterocycles. The molecule has 0 aliphatic carbocycles. The molecule has 0 aliphatic rings. The molecule has 1 N–H and O–H groups in total. The van der Waals surface area contributed by atoms with Crippen molar-refractivity contribution >= 4 is 59.7 Å². The summed E-state index contributed by atoms with van der Waals surface area (Å²) in [5.74, 6) is 0. The zero-order valence-electron chi connectivity index (χ0n) is 4.95. The zero-order valence-corrected chi connectivity index (χ0v) is 9.07. The molecule has 1 nitrogen and oxygen atoms in total. The van der Waals surface area contributed by atoms with E-state index in [1.807, 2.05) is 19.6 Å². The number of hydrogen-bond acceptors (Lipinski definition) is 1. The van der Waals surface area contributed by atoms with Crippen molar-refractivity contribution in [1.82, 2.24) is 0 Å². The SMILES string of the molecule is C[Si](C)(C)O.[K]. The molecule has 0 atom stereocenters. The third-order valence-corrected chi connectivity index (χ3v) is 0. The topological polar surface area (TPSA) is 20.2 Å². The molecule has 1 radical (unpaired) electrons. The maximum atomic E-state index is 8.66. The van der Waals surface area contributed by atoms with Gasteiger partial charge in [-0.2, -0.15) is 0 Å². The summed E-state index contributed by atoms with van der Waals surface area (Å²) in [6, 6.07) is 0. The quantitative estimate of drug-likeness (QED) is 0.470. The zero-order chi connectivity index (χ0) is 4.50. The van der Waals surface area contributed by atoms with Crippen molar-refractivity contribution in [2.45, 2.75) is 19.6 Å². The van der Waals surface area contributed by atoms with Crippen LogP contribution >= 0.6 is 0 Å². The minimum Gasteiger partial charge on any atom is -0.433 e. The van der Waals surface area contributed by atoms with Crippen molar-refractivity contribution in [2.75, 3.05) is 0 Å². The van der Waals surface area contributed by atoms with E-state index in [1.54, 1.807) is 0 Å². The fourth-order valence-corrected chi connectivity index (χ4v) is 0. The van der Waals surface area contributed by atoms with Crippen LogP contribution in [0.15, 0.2) is 0 Å². The molecule has 0 aromatic heterocycles. The van der Waals surface area contributed by atoms with Crippen LogP contribution in [0.1, 0.15) is 0 Å². The fourth-order valence-electron chi connectivity index (χ4n) is 0. The van der Waals surface area contributed by atoms with Gasteiger partial charge < -0.3 is 4.80 Å².